The Kier molecular flexibility index (Phi) is 8.51. The number of benzene rings is 1. The Bertz CT molecular complexity index is 1530. The minimum Gasteiger partial charge on any atom is -0.457 e. The van der Waals surface area contributed by atoms with Crippen LogP contribution >= 0.6 is 0 Å². The van der Waals surface area contributed by atoms with E-state index in [2.05, 4.69) is 16.5 Å². The summed E-state index contributed by atoms with van der Waals surface area (Å²) in [6, 6.07) is 6.27. The van der Waals surface area contributed by atoms with Crippen LogP contribution in [-0.4, -0.2) is 43.6 Å². The van der Waals surface area contributed by atoms with E-state index in [-0.39, 0.29) is 28.9 Å². The highest BCUT2D eigenvalue weighted by Crippen LogP contribution is 2.36. The van der Waals surface area contributed by atoms with Crippen molar-refractivity contribution < 1.29 is 13.9 Å². The van der Waals surface area contributed by atoms with Crippen LogP contribution in [0.1, 0.15) is 39.2 Å². The van der Waals surface area contributed by atoms with Crippen molar-refractivity contribution in [2.45, 2.75) is 39.2 Å². The quantitative estimate of drug-likeness (QED) is 0.183. The standard InChI is InChI=1S/C29H30FN7O2/c1-4-8-19(16-31)29(38)36-14-7-11-20(17-36)37-28-25(27(32)33-18-34-28)26(35-37)23-13-12-22(15-24(23)30)39-21(9-5-2)10-6-3/h5-6,8-10,12-13,15,18,20H,2,4,7,11,14,17H2,1,3H3,(H2,32,33,34)/b10-6-,19-8+,21-9+. The van der Waals surface area contributed by atoms with Crippen LogP contribution in [0.2, 0.25) is 0 Å². The Morgan fingerprint density at radius 3 is 2.90 bits per heavy atom. The van der Waals surface area contributed by atoms with Gasteiger partial charge in [0.1, 0.15) is 46.8 Å². The van der Waals surface area contributed by atoms with Crippen molar-refractivity contribution in [3.63, 3.8) is 0 Å². The molecule has 1 fully saturated rings. The Morgan fingerprint density at radius 1 is 1.38 bits per heavy atom. The summed E-state index contributed by atoms with van der Waals surface area (Å²) in [5.74, 6) is 0.137. The molecule has 9 nitrogen and oxygen atoms in total. The van der Waals surface area contributed by atoms with Gasteiger partial charge < -0.3 is 15.4 Å². The van der Waals surface area contributed by atoms with Crippen molar-refractivity contribution in [3.8, 4) is 23.1 Å². The minimum atomic E-state index is -0.551. The molecule has 39 heavy (non-hydrogen) atoms. The first-order chi connectivity index (χ1) is 18.9. The Labute approximate surface area is 226 Å². The number of amides is 1. The maximum Gasteiger partial charge on any atom is 0.264 e. The maximum atomic E-state index is 15.5. The highest BCUT2D eigenvalue weighted by molar-refractivity contribution is 5.99. The third-order valence-corrected chi connectivity index (χ3v) is 6.35. The molecule has 2 aromatic heterocycles. The van der Waals surface area contributed by atoms with Gasteiger partial charge in [0.2, 0.25) is 0 Å². The number of rotatable bonds is 8. The zero-order valence-electron chi connectivity index (χ0n) is 22.0. The van der Waals surface area contributed by atoms with Crippen molar-refractivity contribution in [2.75, 3.05) is 18.8 Å². The lowest BCUT2D eigenvalue weighted by molar-refractivity contribution is -0.128. The first-order valence-corrected chi connectivity index (χ1v) is 12.7. The van der Waals surface area contributed by atoms with Crippen LogP contribution in [0, 0.1) is 17.1 Å². The second-order valence-electron chi connectivity index (χ2n) is 8.98. The molecule has 0 bridgehead atoms. The maximum absolute atomic E-state index is 15.5. The van der Waals surface area contributed by atoms with E-state index in [4.69, 9.17) is 15.6 Å². The molecule has 2 N–H and O–H groups in total. The number of hydrogen-bond acceptors (Lipinski definition) is 7. The molecule has 3 heterocycles. The van der Waals surface area contributed by atoms with E-state index in [1.165, 1.54) is 12.4 Å². The summed E-state index contributed by atoms with van der Waals surface area (Å²) >= 11 is 0. The van der Waals surface area contributed by atoms with Gasteiger partial charge in [0.15, 0.2) is 5.65 Å². The lowest BCUT2D eigenvalue weighted by atomic mass is 10.0. The lowest BCUT2D eigenvalue weighted by Crippen LogP contribution is -2.41. The van der Waals surface area contributed by atoms with Crippen molar-refractivity contribution in [3.05, 3.63) is 78.6 Å². The molecule has 1 aliphatic rings. The fourth-order valence-electron chi connectivity index (χ4n) is 4.62. The number of fused-ring (bicyclic) bond motifs is 1. The topological polar surface area (TPSA) is 123 Å². The third kappa shape index (κ3) is 5.72. The first kappa shape index (κ1) is 27.3. The van der Waals surface area contributed by atoms with Crippen LogP contribution < -0.4 is 10.5 Å². The number of aromatic nitrogens is 4. The highest BCUT2D eigenvalue weighted by atomic mass is 19.1. The van der Waals surface area contributed by atoms with Crippen LogP contribution in [0.15, 0.2) is 72.8 Å². The predicted molar refractivity (Wildman–Crippen MR) is 148 cm³/mol. The number of carbonyl (C=O) groups is 1. The smallest absolute Gasteiger partial charge is 0.264 e. The number of ether oxygens (including phenoxy) is 1. The molecule has 0 saturated carbocycles. The zero-order valence-corrected chi connectivity index (χ0v) is 22.0. The third-order valence-electron chi connectivity index (χ3n) is 6.35. The van der Waals surface area contributed by atoms with Crippen molar-refractivity contribution in [2.24, 2.45) is 0 Å². The molecule has 1 atom stereocenters. The van der Waals surface area contributed by atoms with E-state index in [9.17, 15) is 10.1 Å². The van der Waals surface area contributed by atoms with Gasteiger partial charge in [-0.3, -0.25) is 4.79 Å². The van der Waals surface area contributed by atoms with E-state index in [0.717, 1.165) is 6.42 Å². The Morgan fingerprint density at radius 2 is 2.21 bits per heavy atom. The zero-order chi connectivity index (χ0) is 27.9. The number of carbonyl (C=O) groups excluding carboxylic acids is 1. The fourth-order valence-corrected chi connectivity index (χ4v) is 4.62. The van der Waals surface area contributed by atoms with E-state index in [1.807, 2.05) is 26.0 Å². The lowest BCUT2D eigenvalue weighted by Gasteiger charge is -2.32. The van der Waals surface area contributed by atoms with Gasteiger partial charge in [-0.25, -0.2) is 19.0 Å². The van der Waals surface area contributed by atoms with Gasteiger partial charge in [-0.15, -0.1) is 0 Å². The summed E-state index contributed by atoms with van der Waals surface area (Å²) in [4.78, 5) is 23.1. The van der Waals surface area contributed by atoms with Crippen LogP contribution in [-0.2, 0) is 4.79 Å². The normalized spacial score (nSPS) is 16.5. The number of anilines is 1. The molecule has 1 saturated heterocycles. The second kappa shape index (κ2) is 12.2. The van der Waals surface area contributed by atoms with Crippen LogP contribution in [0.4, 0.5) is 10.2 Å². The van der Waals surface area contributed by atoms with E-state index < -0.39 is 5.82 Å². The average molecular weight is 528 g/mol. The minimum absolute atomic E-state index is 0.126. The van der Waals surface area contributed by atoms with Gasteiger partial charge in [-0.05, 0) is 50.5 Å². The number of nitriles is 1. The molecule has 1 aliphatic heterocycles. The summed E-state index contributed by atoms with van der Waals surface area (Å²) in [5, 5.41) is 14.6. The second-order valence-corrected chi connectivity index (χ2v) is 8.98. The molecular formula is C29H30FN7O2. The molecular weight excluding hydrogens is 497 g/mol. The monoisotopic (exact) mass is 527 g/mol. The van der Waals surface area contributed by atoms with Gasteiger partial charge in [0.25, 0.3) is 5.91 Å². The highest BCUT2D eigenvalue weighted by Gasteiger charge is 2.30. The molecule has 10 heteroatoms. The Hall–Kier alpha value is -4.78. The SMILES string of the molecule is C=C/C=C(\C=C/C)Oc1ccc(-c2nn(C3CCCN(C(=O)/C(C#N)=C/CC)C3)c3ncnc(N)c23)c(F)c1. The van der Waals surface area contributed by atoms with Gasteiger partial charge in [-0.1, -0.05) is 31.7 Å². The molecule has 4 rings (SSSR count). The average Bonchev–Trinajstić information content (AvgIpc) is 3.32. The molecule has 1 amide bonds. The predicted octanol–water partition coefficient (Wildman–Crippen LogP) is 5.26. The van der Waals surface area contributed by atoms with Gasteiger partial charge in [-0.2, -0.15) is 10.4 Å². The molecule has 1 aromatic carbocycles. The number of nitrogens with two attached hydrogens (primary N) is 1. The first-order valence-electron chi connectivity index (χ1n) is 12.7. The summed E-state index contributed by atoms with van der Waals surface area (Å²) in [6.07, 6.45) is 11.8. The van der Waals surface area contributed by atoms with Crippen molar-refractivity contribution in [1.29, 1.82) is 5.26 Å². The molecule has 3 aromatic rings. The van der Waals surface area contributed by atoms with E-state index in [1.54, 1.807) is 46.0 Å². The van der Waals surface area contributed by atoms with Crippen molar-refractivity contribution >= 4 is 22.8 Å². The molecule has 1 unspecified atom stereocenters. The molecule has 0 radical (unpaired) electrons. The number of hydrogen-bond donors (Lipinski definition) is 1. The van der Waals surface area contributed by atoms with E-state index in [0.29, 0.717) is 54.2 Å². The number of likely N-dealkylation sites (tertiary alicyclic amines) is 1. The summed E-state index contributed by atoms with van der Waals surface area (Å²) in [7, 11) is 0. The molecule has 200 valence electrons. The summed E-state index contributed by atoms with van der Waals surface area (Å²) in [6.45, 7) is 8.27. The van der Waals surface area contributed by atoms with Crippen LogP contribution in [0.25, 0.3) is 22.3 Å². The van der Waals surface area contributed by atoms with Gasteiger partial charge in [0.05, 0.1) is 11.4 Å². The Balaban J connectivity index is 1.72. The van der Waals surface area contributed by atoms with Crippen LogP contribution in [0.3, 0.4) is 0 Å². The van der Waals surface area contributed by atoms with Crippen molar-refractivity contribution in [1.82, 2.24) is 24.6 Å². The molecule has 0 aliphatic carbocycles. The molecule has 0 spiro atoms. The number of halogens is 1. The van der Waals surface area contributed by atoms with Gasteiger partial charge in [0, 0.05) is 24.7 Å². The fraction of sp³-hybridized carbons (Fsp3) is 0.276. The number of allylic oxidation sites excluding steroid dienone is 5. The number of piperidine rings is 1. The number of nitrogens with zero attached hydrogens (tertiary/aromatic N) is 6. The number of nitrogen functional groups attached to an aromatic ring is 1. The largest absolute Gasteiger partial charge is 0.457 e. The summed E-state index contributed by atoms with van der Waals surface area (Å²) in [5.41, 5.74) is 7.32. The van der Waals surface area contributed by atoms with E-state index >= 15 is 4.39 Å². The summed E-state index contributed by atoms with van der Waals surface area (Å²) < 4.78 is 23.0. The van der Waals surface area contributed by atoms with Gasteiger partial charge >= 0.3 is 0 Å². The van der Waals surface area contributed by atoms with Crippen LogP contribution in [0.5, 0.6) is 5.75 Å².